The maximum Gasteiger partial charge on any atom is 0.228 e. The van der Waals surface area contributed by atoms with Gasteiger partial charge in [0.15, 0.2) is 11.8 Å². The molecule has 0 bridgehead atoms. The number of aryl methyl sites for hydroxylation is 2. The molecule has 0 saturated carbocycles. The molecule has 9 heteroatoms. The van der Waals surface area contributed by atoms with Crippen molar-refractivity contribution in [3.63, 3.8) is 0 Å². The third-order valence-corrected chi connectivity index (χ3v) is 3.95. The second-order valence-electron chi connectivity index (χ2n) is 5.97. The van der Waals surface area contributed by atoms with E-state index in [0.29, 0.717) is 31.3 Å². The van der Waals surface area contributed by atoms with Crippen molar-refractivity contribution in [3.8, 4) is 0 Å². The van der Waals surface area contributed by atoms with Gasteiger partial charge in [-0.05, 0) is 13.8 Å². The average molecular weight is 347 g/mol. The molecule has 1 fully saturated rings. The van der Waals surface area contributed by atoms with Crippen molar-refractivity contribution < 1.29 is 9.26 Å². The Morgan fingerprint density at radius 2 is 2.36 bits per heavy atom. The van der Waals surface area contributed by atoms with Crippen LogP contribution in [0.1, 0.15) is 30.3 Å². The lowest BCUT2D eigenvalue weighted by Gasteiger charge is -2.34. The van der Waals surface area contributed by atoms with E-state index in [-0.39, 0.29) is 6.10 Å². The first kappa shape index (κ1) is 17.4. The van der Waals surface area contributed by atoms with Crippen LogP contribution in [0.15, 0.2) is 21.9 Å². The standard InChI is InChI=1S/C16H25N7O2/c1-4-17-16(18-6-5-15-20-12(2)21-25-15)23-7-8-24-14(11-23)13-9-19-22(3)10-13/h9-10,14H,4-8,11H2,1-3H3,(H,17,18). The molecule has 1 saturated heterocycles. The molecule has 1 aliphatic heterocycles. The van der Waals surface area contributed by atoms with E-state index in [1.807, 2.05) is 26.4 Å². The monoisotopic (exact) mass is 347 g/mol. The van der Waals surface area contributed by atoms with Crippen molar-refractivity contribution in [2.75, 3.05) is 32.8 Å². The summed E-state index contributed by atoms with van der Waals surface area (Å²) in [5.41, 5.74) is 1.09. The molecule has 0 amide bonds. The fraction of sp³-hybridized carbons (Fsp3) is 0.625. The highest BCUT2D eigenvalue weighted by atomic mass is 16.5. The van der Waals surface area contributed by atoms with Crippen LogP contribution in [-0.4, -0.2) is 63.6 Å². The van der Waals surface area contributed by atoms with Crippen LogP contribution >= 0.6 is 0 Å². The first-order valence-electron chi connectivity index (χ1n) is 8.58. The van der Waals surface area contributed by atoms with Gasteiger partial charge in [-0.1, -0.05) is 5.16 Å². The predicted octanol–water partition coefficient (Wildman–Crippen LogP) is 0.693. The Hall–Kier alpha value is -2.42. The summed E-state index contributed by atoms with van der Waals surface area (Å²) in [6.07, 6.45) is 4.49. The van der Waals surface area contributed by atoms with Crippen molar-refractivity contribution in [2.45, 2.75) is 26.4 Å². The molecule has 0 spiro atoms. The summed E-state index contributed by atoms with van der Waals surface area (Å²) in [7, 11) is 1.91. The molecule has 1 aliphatic rings. The van der Waals surface area contributed by atoms with Crippen LogP contribution in [0.5, 0.6) is 0 Å². The van der Waals surface area contributed by atoms with Gasteiger partial charge in [-0.25, -0.2) is 0 Å². The summed E-state index contributed by atoms with van der Waals surface area (Å²) in [5.74, 6) is 2.15. The molecule has 2 aromatic rings. The minimum Gasteiger partial charge on any atom is -0.370 e. The van der Waals surface area contributed by atoms with Crippen molar-refractivity contribution in [3.05, 3.63) is 29.7 Å². The first-order valence-corrected chi connectivity index (χ1v) is 8.58. The number of aliphatic imine (C=N–C) groups is 1. The zero-order chi connectivity index (χ0) is 17.6. The number of nitrogens with one attached hydrogen (secondary N) is 1. The zero-order valence-corrected chi connectivity index (χ0v) is 15.0. The summed E-state index contributed by atoms with van der Waals surface area (Å²) in [4.78, 5) is 11.1. The number of morpholine rings is 1. The number of aromatic nitrogens is 4. The number of nitrogens with zero attached hydrogens (tertiary/aromatic N) is 6. The van der Waals surface area contributed by atoms with Gasteiger partial charge in [0, 0.05) is 38.3 Å². The molecule has 0 aromatic carbocycles. The van der Waals surface area contributed by atoms with E-state index in [0.717, 1.165) is 31.2 Å². The highest BCUT2D eigenvalue weighted by molar-refractivity contribution is 5.80. The van der Waals surface area contributed by atoms with Gasteiger partial charge in [0.05, 0.1) is 25.9 Å². The first-order chi connectivity index (χ1) is 12.2. The van der Waals surface area contributed by atoms with Gasteiger partial charge in [0.1, 0.15) is 6.10 Å². The number of rotatable bonds is 5. The Labute approximate surface area is 147 Å². The van der Waals surface area contributed by atoms with Gasteiger partial charge >= 0.3 is 0 Å². The number of hydrogen-bond acceptors (Lipinski definition) is 6. The van der Waals surface area contributed by atoms with Crippen molar-refractivity contribution >= 4 is 5.96 Å². The van der Waals surface area contributed by atoms with E-state index in [2.05, 4.69) is 32.4 Å². The van der Waals surface area contributed by atoms with E-state index in [1.54, 1.807) is 4.68 Å². The lowest BCUT2D eigenvalue weighted by Crippen LogP contribution is -2.48. The minimum absolute atomic E-state index is 0.00453. The summed E-state index contributed by atoms with van der Waals surface area (Å²) in [5, 5.41) is 11.4. The van der Waals surface area contributed by atoms with E-state index in [4.69, 9.17) is 14.3 Å². The highest BCUT2D eigenvalue weighted by Crippen LogP contribution is 2.21. The van der Waals surface area contributed by atoms with Gasteiger partial charge in [-0.2, -0.15) is 10.1 Å². The Morgan fingerprint density at radius 3 is 3.04 bits per heavy atom. The van der Waals surface area contributed by atoms with Crippen LogP contribution in [0.4, 0.5) is 0 Å². The third kappa shape index (κ3) is 4.56. The van der Waals surface area contributed by atoms with Crippen molar-refractivity contribution in [1.29, 1.82) is 0 Å². The molecule has 136 valence electrons. The Kier molecular flexibility index (Phi) is 5.64. The summed E-state index contributed by atoms with van der Waals surface area (Å²) in [6.45, 7) is 7.50. The molecule has 3 rings (SSSR count). The molecular weight excluding hydrogens is 322 g/mol. The summed E-state index contributed by atoms with van der Waals surface area (Å²) < 4.78 is 12.8. The van der Waals surface area contributed by atoms with E-state index >= 15 is 0 Å². The lowest BCUT2D eigenvalue weighted by molar-refractivity contribution is -0.00804. The highest BCUT2D eigenvalue weighted by Gasteiger charge is 2.25. The van der Waals surface area contributed by atoms with Crippen LogP contribution in [-0.2, 0) is 18.2 Å². The topological polar surface area (TPSA) is 93.6 Å². The third-order valence-electron chi connectivity index (χ3n) is 3.95. The van der Waals surface area contributed by atoms with Crippen molar-refractivity contribution in [2.24, 2.45) is 12.0 Å². The molecule has 0 aliphatic carbocycles. The summed E-state index contributed by atoms with van der Waals surface area (Å²) >= 11 is 0. The molecule has 3 heterocycles. The number of guanidine groups is 1. The smallest absolute Gasteiger partial charge is 0.228 e. The molecule has 25 heavy (non-hydrogen) atoms. The van der Waals surface area contributed by atoms with Gasteiger partial charge in [0.2, 0.25) is 5.89 Å². The predicted molar refractivity (Wildman–Crippen MR) is 92.2 cm³/mol. The van der Waals surface area contributed by atoms with Gasteiger partial charge in [0.25, 0.3) is 0 Å². The van der Waals surface area contributed by atoms with Crippen LogP contribution in [0.3, 0.4) is 0 Å². The molecular formula is C16H25N7O2. The maximum absolute atomic E-state index is 5.90. The SMILES string of the molecule is CCNC(=NCCc1nc(C)no1)N1CCOC(c2cnn(C)c2)C1. The number of ether oxygens (including phenoxy) is 1. The fourth-order valence-corrected chi connectivity index (χ4v) is 2.77. The van der Waals surface area contributed by atoms with E-state index in [9.17, 15) is 0 Å². The van der Waals surface area contributed by atoms with Crippen LogP contribution < -0.4 is 5.32 Å². The molecule has 1 N–H and O–H groups in total. The quantitative estimate of drug-likeness (QED) is 0.628. The zero-order valence-electron chi connectivity index (χ0n) is 15.0. The van der Waals surface area contributed by atoms with Gasteiger partial charge in [-0.15, -0.1) is 0 Å². The van der Waals surface area contributed by atoms with Gasteiger partial charge < -0.3 is 19.5 Å². The molecule has 0 radical (unpaired) electrons. The number of hydrogen-bond donors (Lipinski definition) is 1. The minimum atomic E-state index is 0.00453. The van der Waals surface area contributed by atoms with E-state index < -0.39 is 0 Å². The molecule has 9 nitrogen and oxygen atoms in total. The second-order valence-corrected chi connectivity index (χ2v) is 5.97. The maximum atomic E-state index is 5.90. The van der Waals surface area contributed by atoms with Crippen LogP contribution in [0, 0.1) is 6.92 Å². The second kappa shape index (κ2) is 8.11. The van der Waals surface area contributed by atoms with Gasteiger partial charge in [-0.3, -0.25) is 9.67 Å². The largest absolute Gasteiger partial charge is 0.370 e. The van der Waals surface area contributed by atoms with Crippen LogP contribution in [0.25, 0.3) is 0 Å². The van der Waals surface area contributed by atoms with Crippen LogP contribution in [0.2, 0.25) is 0 Å². The lowest BCUT2D eigenvalue weighted by atomic mass is 10.1. The molecule has 1 atom stereocenters. The Balaban J connectivity index is 1.63. The normalized spacial score (nSPS) is 18.6. The Bertz CT molecular complexity index is 709. The Morgan fingerprint density at radius 1 is 1.48 bits per heavy atom. The summed E-state index contributed by atoms with van der Waals surface area (Å²) in [6, 6.07) is 0. The average Bonchev–Trinajstić information content (AvgIpc) is 3.23. The van der Waals surface area contributed by atoms with Crippen molar-refractivity contribution in [1.82, 2.24) is 30.1 Å². The van der Waals surface area contributed by atoms with E-state index in [1.165, 1.54) is 0 Å². The molecule has 2 aromatic heterocycles. The molecule has 1 unspecified atom stereocenters. The fourth-order valence-electron chi connectivity index (χ4n) is 2.77.